The fourth-order valence-electron chi connectivity index (χ4n) is 4.59. The summed E-state index contributed by atoms with van der Waals surface area (Å²) >= 11 is 0. The fourth-order valence-corrected chi connectivity index (χ4v) is 4.59. The molecule has 0 unspecified atom stereocenters. The van der Waals surface area contributed by atoms with Crippen molar-refractivity contribution in [2.24, 2.45) is 11.3 Å². The lowest BCUT2D eigenvalue weighted by molar-refractivity contribution is -0.142. The van der Waals surface area contributed by atoms with Crippen LogP contribution in [-0.4, -0.2) is 60.0 Å². The van der Waals surface area contributed by atoms with Crippen LogP contribution in [-0.2, 0) is 14.3 Å². The molecule has 4 rings (SSSR count). The Morgan fingerprint density at radius 2 is 2.04 bits per heavy atom. The van der Waals surface area contributed by atoms with Crippen molar-refractivity contribution in [2.45, 2.75) is 57.7 Å². The summed E-state index contributed by atoms with van der Waals surface area (Å²) in [7, 11) is 0. The molecule has 5 heteroatoms. The lowest BCUT2D eigenvalue weighted by atomic mass is 9.78. The van der Waals surface area contributed by atoms with Crippen LogP contribution in [0.25, 0.3) is 0 Å². The van der Waals surface area contributed by atoms with E-state index in [9.17, 15) is 9.59 Å². The van der Waals surface area contributed by atoms with Crippen molar-refractivity contribution >= 4 is 11.8 Å². The van der Waals surface area contributed by atoms with Crippen molar-refractivity contribution in [3.63, 3.8) is 0 Å². The second-order valence-corrected chi connectivity index (χ2v) is 8.22. The first-order valence-corrected chi connectivity index (χ1v) is 9.43. The molecule has 3 saturated heterocycles. The monoisotopic (exact) mass is 332 g/mol. The Kier molecular flexibility index (Phi) is 4.15. The molecule has 4 aliphatic rings. The summed E-state index contributed by atoms with van der Waals surface area (Å²) in [6, 6.07) is 0. The highest BCUT2D eigenvalue weighted by Gasteiger charge is 2.47. The van der Waals surface area contributed by atoms with E-state index in [0.29, 0.717) is 18.9 Å². The van der Waals surface area contributed by atoms with Crippen molar-refractivity contribution in [1.29, 1.82) is 0 Å². The number of amides is 2. The van der Waals surface area contributed by atoms with Gasteiger partial charge in [0.2, 0.25) is 11.8 Å². The van der Waals surface area contributed by atoms with Gasteiger partial charge >= 0.3 is 0 Å². The van der Waals surface area contributed by atoms with Crippen molar-refractivity contribution < 1.29 is 14.3 Å². The molecule has 0 radical (unpaired) electrons. The second kappa shape index (κ2) is 6.17. The third-order valence-electron chi connectivity index (χ3n) is 6.33. The number of likely N-dealkylation sites (tertiary alicyclic amines) is 2. The topological polar surface area (TPSA) is 49.9 Å². The number of ether oxygens (including phenoxy) is 1. The molecule has 1 aliphatic carbocycles. The smallest absolute Gasteiger partial charge is 0.228 e. The molecule has 0 aromatic heterocycles. The SMILES string of the molecule is C[C@]1(C(=O)N2C[C@@H]3C[C@@H](CC(=O)N4CCC4)O[C@@H]3C2)CC=CCC1. The Labute approximate surface area is 144 Å². The van der Waals surface area contributed by atoms with E-state index in [1.807, 2.05) is 9.80 Å². The molecule has 3 fully saturated rings. The quantitative estimate of drug-likeness (QED) is 0.743. The van der Waals surface area contributed by atoms with Crippen molar-refractivity contribution in [3.8, 4) is 0 Å². The van der Waals surface area contributed by atoms with Crippen LogP contribution in [0.2, 0.25) is 0 Å². The highest BCUT2D eigenvalue weighted by atomic mass is 16.5. The number of allylic oxidation sites excluding steroid dienone is 2. The number of hydrogen-bond donors (Lipinski definition) is 0. The van der Waals surface area contributed by atoms with E-state index in [1.54, 1.807) is 0 Å². The van der Waals surface area contributed by atoms with Gasteiger partial charge in [-0.25, -0.2) is 0 Å². The van der Waals surface area contributed by atoms with Gasteiger partial charge in [-0.3, -0.25) is 9.59 Å². The van der Waals surface area contributed by atoms with Crippen LogP contribution in [0.4, 0.5) is 0 Å². The molecule has 24 heavy (non-hydrogen) atoms. The molecule has 0 spiro atoms. The summed E-state index contributed by atoms with van der Waals surface area (Å²) in [5, 5.41) is 0. The molecule has 3 heterocycles. The molecule has 0 N–H and O–H groups in total. The molecule has 132 valence electrons. The Bertz CT molecular complexity index is 543. The number of hydrogen-bond acceptors (Lipinski definition) is 3. The Hall–Kier alpha value is -1.36. The summed E-state index contributed by atoms with van der Waals surface area (Å²) in [5.41, 5.74) is -0.236. The molecule has 0 saturated carbocycles. The Morgan fingerprint density at radius 3 is 2.67 bits per heavy atom. The van der Waals surface area contributed by atoms with Gasteiger partial charge in [0.1, 0.15) is 0 Å². The lowest BCUT2D eigenvalue weighted by Gasteiger charge is -2.34. The summed E-state index contributed by atoms with van der Waals surface area (Å²) in [4.78, 5) is 29.0. The summed E-state index contributed by atoms with van der Waals surface area (Å²) < 4.78 is 6.12. The van der Waals surface area contributed by atoms with Gasteiger partial charge in [-0.2, -0.15) is 0 Å². The largest absolute Gasteiger partial charge is 0.372 e. The molecule has 4 atom stereocenters. The number of nitrogens with zero attached hydrogens (tertiary/aromatic N) is 2. The zero-order chi connectivity index (χ0) is 16.7. The molecule has 3 aliphatic heterocycles. The van der Waals surface area contributed by atoms with E-state index >= 15 is 0 Å². The fraction of sp³-hybridized carbons (Fsp3) is 0.789. The predicted molar refractivity (Wildman–Crippen MR) is 90.3 cm³/mol. The van der Waals surface area contributed by atoms with E-state index < -0.39 is 0 Å². The van der Waals surface area contributed by atoms with E-state index in [-0.39, 0.29) is 29.4 Å². The van der Waals surface area contributed by atoms with Gasteiger partial charge in [-0.1, -0.05) is 19.1 Å². The minimum atomic E-state index is -0.236. The van der Waals surface area contributed by atoms with Crippen molar-refractivity contribution in [3.05, 3.63) is 12.2 Å². The second-order valence-electron chi connectivity index (χ2n) is 8.22. The van der Waals surface area contributed by atoms with Crippen LogP contribution in [0.3, 0.4) is 0 Å². The van der Waals surface area contributed by atoms with Crippen LogP contribution in [0.15, 0.2) is 12.2 Å². The van der Waals surface area contributed by atoms with E-state index in [4.69, 9.17) is 4.74 Å². The predicted octanol–water partition coefficient (Wildman–Crippen LogP) is 1.97. The highest BCUT2D eigenvalue weighted by Crippen LogP contribution is 2.39. The Balaban J connectivity index is 1.30. The standard InChI is InChI=1S/C19H28N2O3/c1-19(6-3-2-4-7-19)18(23)21-12-14-10-15(24-16(14)13-21)11-17(22)20-8-5-9-20/h2-3,14-16H,4-13H2,1H3/t14-,15-,16+,19-/m0/s1. The van der Waals surface area contributed by atoms with Crippen LogP contribution in [0.5, 0.6) is 0 Å². The van der Waals surface area contributed by atoms with E-state index in [0.717, 1.165) is 51.7 Å². The third kappa shape index (κ3) is 2.87. The molecule has 5 nitrogen and oxygen atoms in total. The first-order chi connectivity index (χ1) is 11.5. The van der Waals surface area contributed by atoms with Crippen LogP contribution < -0.4 is 0 Å². The van der Waals surface area contributed by atoms with Gasteiger partial charge in [0, 0.05) is 32.1 Å². The molecule has 2 amide bonds. The minimum absolute atomic E-state index is 0.0542. The van der Waals surface area contributed by atoms with Crippen molar-refractivity contribution in [1.82, 2.24) is 9.80 Å². The zero-order valence-electron chi connectivity index (χ0n) is 14.6. The number of carbonyl (C=O) groups excluding carboxylic acids is 2. The summed E-state index contributed by atoms with van der Waals surface area (Å²) in [5.74, 6) is 0.935. The maximum atomic E-state index is 12.9. The summed E-state index contributed by atoms with van der Waals surface area (Å²) in [6.07, 6.45) is 9.88. The van der Waals surface area contributed by atoms with E-state index in [2.05, 4.69) is 19.1 Å². The number of carbonyl (C=O) groups is 2. The van der Waals surface area contributed by atoms with Crippen LogP contribution in [0, 0.1) is 11.3 Å². The maximum absolute atomic E-state index is 12.9. The average Bonchev–Trinajstić information content (AvgIpc) is 3.03. The summed E-state index contributed by atoms with van der Waals surface area (Å²) in [6.45, 7) is 5.43. The van der Waals surface area contributed by atoms with Gasteiger partial charge in [-0.05, 0) is 32.1 Å². The molecule has 0 bridgehead atoms. The molecular weight excluding hydrogens is 304 g/mol. The third-order valence-corrected chi connectivity index (χ3v) is 6.33. The molecule has 0 aromatic carbocycles. The van der Waals surface area contributed by atoms with Crippen molar-refractivity contribution in [2.75, 3.05) is 26.2 Å². The first kappa shape index (κ1) is 16.1. The lowest BCUT2D eigenvalue weighted by Crippen LogP contribution is -2.44. The van der Waals surface area contributed by atoms with E-state index in [1.165, 1.54) is 0 Å². The first-order valence-electron chi connectivity index (χ1n) is 9.43. The van der Waals surface area contributed by atoms with Gasteiger partial charge in [0.25, 0.3) is 0 Å². The van der Waals surface area contributed by atoms with Gasteiger partial charge in [0.15, 0.2) is 0 Å². The molecular formula is C19H28N2O3. The highest BCUT2D eigenvalue weighted by molar-refractivity contribution is 5.83. The van der Waals surface area contributed by atoms with Gasteiger partial charge in [-0.15, -0.1) is 0 Å². The molecule has 0 aromatic rings. The van der Waals surface area contributed by atoms with Crippen LogP contribution in [0.1, 0.15) is 45.4 Å². The normalized spacial score (nSPS) is 38.1. The number of fused-ring (bicyclic) bond motifs is 1. The number of rotatable bonds is 3. The average molecular weight is 332 g/mol. The maximum Gasteiger partial charge on any atom is 0.228 e. The zero-order valence-corrected chi connectivity index (χ0v) is 14.6. The Morgan fingerprint density at radius 1 is 1.21 bits per heavy atom. The minimum Gasteiger partial charge on any atom is -0.372 e. The van der Waals surface area contributed by atoms with Crippen LogP contribution >= 0.6 is 0 Å². The van der Waals surface area contributed by atoms with Gasteiger partial charge in [0.05, 0.1) is 24.0 Å². The van der Waals surface area contributed by atoms with Gasteiger partial charge < -0.3 is 14.5 Å².